The molecule has 0 saturated heterocycles. The van der Waals surface area contributed by atoms with Gasteiger partial charge in [-0.1, -0.05) is 23.7 Å². The van der Waals surface area contributed by atoms with Crippen LogP contribution in [0.25, 0.3) is 0 Å². The molecule has 0 aliphatic heterocycles. The molecule has 2 aromatic carbocycles. The minimum absolute atomic E-state index is 0.192. The molecule has 0 heterocycles. The second kappa shape index (κ2) is 6.61. The number of nitrogens with one attached hydrogen (secondary N) is 1. The van der Waals surface area contributed by atoms with Crippen molar-refractivity contribution in [2.45, 2.75) is 5.88 Å². The van der Waals surface area contributed by atoms with Gasteiger partial charge in [0.15, 0.2) is 0 Å². The molecule has 0 aromatic heterocycles. The van der Waals surface area contributed by atoms with E-state index in [4.69, 9.17) is 28.9 Å². The first-order chi connectivity index (χ1) is 10.0. The Bertz CT molecular complexity index is 685. The minimum Gasteiger partial charge on any atom is -0.366 e. The Labute approximate surface area is 131 Å². The quantitative estimate of drug-likeness (QED) is 0.846. The fraction of sp³-hybridized carbons (Fsp3) is 0.0667. The van der Waals surface area contributed by atoms with Crippen LogP contribution < -0.4 is 11.1 Å². The number of anilines is 1. The van der Waals surface area contributed by atoms with E-state index < -0.39 is 5.91 Å². The van der Waals surface area contributed by atoms with Gasteiger partial charge in [-0.3, -0.25) is 9.59 Å². The van der Waals surface area contributed by atoms with E-state index in [0.717, 1.165) is 5.56 Å². The van der Waals surface area contributed by atoms with Crippen LogP contribution in [0.1, 0.15) is 26.3 Å². The summed E-state index contributed by atoms with van der Waals surface area (Å²) in [6, 6.07) is 11.5. The van der Waals surface area contributed by atoms with E-state index in [1.807, 2.05) is 0 Å². The van der Waals surface area contributed by atoms with Crippen LogP contribution in [0.5, 0.6) is 0 Å². The fourth-order valence-corrected chi connectivity index (χ4v) is 2.19. The number of nitrogens with two attached hydrogens (primary N) is 1. The Hall–Kier alpha value is -2.04. The number of benzene rings is 2. The van der Waals surface area contributed by atoms with Crippen molar-refractivity contribution >= 4 is 40.7 Å². The van der Waals surface area contributed by atoms with Crippen molar-refractivity contribution in [3.8, 4) is 0 Å². The molecule has 108 valence electrons. The first kappa shape index (κ1) is 15.4. The van der Waals surface area contributed by atoms with Gasteiger partial charge in [-0.25, -0.2) is 0 Å². The highest BCUT2D eigenvalue weighted by Crippen LogP contribution is 2.21. The average molecular weight is 323 g/mol. The van der Waals surface area contributed by atoms with E-state index in [-0.39, 0.29) is 16.5 Å². The van der Waals surface area contributed by atoms with E-state index in [0.29, 0.717) is 17.1 Å². The first-order valence-corrected chi connectivity index (χ1v) is 6.98. The van der Waals surface area contributed by atoms with Gasteiger partial charge in [0.05, 0.1) is 10.6 Å². The lowest BCUT2D eigenvalue weighted by Gasteiger charge is -2.07. The molecule has 0 aliphatic carbocycles. The van der Waals surface area contributed by atoms with Gasteiger partial charge in [-0.2, -0.15) is 0 Å². The van der Waals surface area contributed by atoms with Gasteiger partial charge in [0.2, 0.25) is 5.91 Å². The number of hydrogen-bond donors (Lipinski definition) is 2. The molecule has 0 saturated carbocycles. The molecule has 4 nitrogen and oxygen atoms in total. The maximum Gasteiger partial charge on any atom is 0.255 e. The largest absolute Gasteiger partial charge is 0.366 e. The summed E-state index contributed by atoms with van der Waals surface area (Å²) >= 11 is 11.6. The zero-order chi connectivity index (χ0) is 15.4. The topological polar surface area (TPSA) is 72.2 Å². The Morgan fingerprint density at radius 2 is 1.76 bits per heavy atom. The van der Waals surface area contributed by atoms with Crippen LogP contribution in [0.15, 0.2) is 42.5 Å². The molecule has 2 aromatic rings. The molecule has 3 N–H and O–H groups in total. The van der Waals surface area contributed by atoms with Crippen molar-refractivity contribution in [3.05, 3.63) is 64.2 Å². The molecular weight excluding hydrogens is 311 g/mol. The van der Waals surface area contributed by atoms with Crippen LogP contribution in [-0.4, -0.2) is 11.8 Å². The lowest BCUT2D eigenvalue weighted by Crippen LogP contribution is -2.14. The predicted octanol–water partition coefficient (Wildman–Crippen LogP) is 3.43. The van der Waals surface area contributed by atoms with Crippen LogP contribution in [0.4, 0.5) is 5.69 Å². The van der Waals surface area contributed by atoms with Crippen LogP contribution in [0.2, 0.25) is 5.02 Å². The molecule has 0 aliphatic rings. The highest BCUT2D eigenvalue weighted by Gasteiger charge is 2.10. The van der Waals surface area contributed by atoms with Crippen molar-refractivity contribution in [1.29, 1.82) is 0 Å². The van der Waals surface area contributed by atoms with E-state index >= 15 is 0 Å². The second-order valence-electron chi connectivity index (χ2n) is 4.34. The van der Waals surface area contributed by atoms with Gasteiger partial charge in [0.1, 0.15) is 0 Å². The van der Waals surface area contributed by atoms with Gasteiger partial charge >= 0.3 is 0 Å². The van der Waals surface area contributed by atoms with Gasteiger partial charge in [0.25, 0.3) is 5.91 Å². The number of primary amides is 1. The molecule has 0 spiro atoms. The van der Waals surface area contributed by atoms with Gasteiger partial charge in [-0.05, 0) is 35.9 Å². The highest BCUT2D eigenvalue weighted by molar-refractivity contribution is 6.34. The summed E-state index contributed by atoms with van der Waals surface area (Å²) in [5.41, 5.74) is 7.29. The van der Waals surface area contributed by atoms with Crippen molar-refractivity contribution in [2.75, 3.05) is 5.32 Å². The van der Waals surface area contributed by atoms with Crippen molar-refractivity contribution < 1.29 is 9.59 Å². The zero-order valence-electron chi connectivity index (χ0n) is 10.9. The van der Waals surface area contributed by atoms with Crippen molar-refractivity contribution in [3.63, 3.8) is 0 Å². The first-order valence-electron chi connectivity index (χ1n) is 6.07. The number of rotatable bonds is 4. The predicted molar refractivity (Wildman–Crippen MR) is 83.9 cm³/mol. The Morgan fingerprint density at radius 1 is 1.10 bits per heavy atom. The summed E-state index contributed by atoms with van der Waals surface area (Å²) in [6.45, 7) is 0. The summed E-state index contributed by atoms with van der Waals surface area (Å²) in [5.74, 6) is -0.500. The normalized spacial score (nSPS) is 10.2. The van der Waals surface area contributed by atoms with Crippen molar-refractivity contribution in [1.82, 2.24) is 0 Å². The Kier molecular flexibility index (Phi) is 4.83. The number of hydrogen-bond acceptors (Lipinski definition) is 2. The monoisotopic (exact) mass is 322 g/mol. The van der Waals surface area contributed by atoms with Gasteiger partial charge in [0, 0.05) is 17.1 Å². The second-order valence-corrected chi connectivity index (χ2v) is 5.02. The molecular formula is C15H12Cl2N2O2. The maximum absolute atomic E-state index is 12.1. The van der Waals surface area contributed by atoms with E-state index in [1.165, 1.54) is 12.1 Å². The van der Waals surface area contributed by atoms with E-state index in [9.17, 15) is 9.59 Å². The molecule has 21 heavy (non-hydrogen) atoms. The molecule has 0 radical (unpaired) electrons. The fourth-order valence-electron chi connectivity index (χ4n) is 1.74. The lowest BCUT2D eigenvalue weighted by atomic mass is 10.1. The standard InChI is InChI=1S/C15H12Cl2N2O2/c16-8-9-1-3-10(4-2-9)15(21)19-11-5-6-12(14(18)20)13(17)7-11/h1-7H,8H2,(H2,18,20)(H,19,21). The van der Waals surface area contributed by atoms with Gasteiger partial charge < -0.3 is 11.1 Å². The summed E-state index contributed by atoms with van der Waals surface area (Å²) in [6.07, 6.45) is 0. The van der Waals surface area contributed by atoms with E-state index in [1.54, 1.807) is 30.3 Å². The number of halogens is 2. The molecule has 6 heteroatoms. The Balaban J connectivity index is 2.15. The number of carbonyl (C=O) groups is 2. The average Bonchev–Trinajstić information content (AvgIpc) is 2.47. The summed E-state index contributed by atoms with van der Waals surface area (Å²) in [5, 5.41) is 2.89. The minimum atomic E-state index is -0.616. The number of amides is 2. The van der Waals surface area contributed by atoms with Crippen LogP contribution in [0, 0.1) is 0 Å². The summed E-state index contributed by atoms with van der Waals surface area (Å²) < 4.78 is 0. The van der Waals surface area contributed by atoms with Crippen LogP contribution >= 0.6 is 23.2 Å². The summed E-state index contributed by atoms with van der Waals surface area (Å²) in [4.78, 5) is 23.1. The molecule has 0 fully saturated rings. The third-order valence-electron chi connectivity index (χ3n) is 2.86. The molecule has 0 atom stereocenters. The van der Waals surface area contributed by atoms with Crippen LogP contribution in [0.3, 0.4) is 0 Å². The highest BCUT2D eigenvalue weighted by atomic mass is 35.5. The SMILES string of the molecule is NC(=O)c1ccc(NC(=O)c2ccc(CCl)cc2)cc1Cl. The zero-order valence-corrected chi connectivity index (χ0v) is 12.4. The Morgan fingerprint density at radius 3 is 2.29 bits per heavy atom. The summed E-state index contributed by atoms with van der Waals surface area (Å²) in [7, 11) is 0. The molecule has 2 amide bonds. The van der Waals surface area contributed by atoms with Gasteiger partial charge in [-0.15, -0.1) is 11.6 Å². The van der Waals surface area contributed by atoms with E-state index in [2.05, 4.69) is 5.32 Å². The van der Waals surface area contributed by atoms with Crippen LogP contribution in [-0.2, 0) is 5.88 Å². The third-order valence-corrected chi connectivity index (χ3v) is 3.48. The molecule has 0 bridgehead atoms. The lowest BCUT2D eigenvalue weighted by molar-refractivity contribution is 0.0998. The number of carbonyl (C=O) groups excluding carboxylic acids is 2. The maximum atomic E-state index is 12.1. The molecule has 2 rings (SSSR count). The molecule has 0 unspecified atom stereocenters. The van der Waals surface area contributed by atoms with Crippen molar-refractivity contribution in [2.24, 2.45) is 5.73 Å². The smallest absolute Gasteiger partial charge is 0.255 e. The number of alkyl halides is 1. The third kappa shape index (κ3) is 3.74.